The molecule has 0 saturated carbocycles. The number of halogens is 1. The van der Waals surface area contributed by atoms with Crippen molar-refractivity contribution in [2.24, 2.45) is 0 Å². The molecular weight excluding hydrogens is 316 g/mol. The highest BCUT2D eigenvalue weighted by Crippen LogP contribution is 2.22. The molecular formula is C16H19ClN4O2. The number of carbonyl (C=O) groups is 1. The van der Waals surface area contributed by atoms with Crippen LogP contribution in [0, 0.1) is 6.92 Å². The summed E-state index contributed by atoms with van der Waals surface area (Å²) in [6.07, 6.45) is 0. The van der Waals surface area contributed by atoms with Gasteiger partial charge in [-0.05, 0) is 31.2 Å². The molecule has 1 aromatic carbocycles. The van der Waals surface area contributed by atoms with Crippen LogP contribution in [0.5, 0.6) is 0 Å². The summed E-state index contributed by atoms with van der Waals surface area (Å²) in [6.45, 7) is 6.48. The van der Waals surface area contributed by atoms with E-state index in [1.165, 1.54) is 0 Å². The minimum atomic E-state index is -0.459. The summed E-state index contributed by atoms with van der Waals surface area (Å²) >= 11 is 5.87. The number of aromatic nitrogens is 2. The van der Waals surface area contributed by atoms with E-state index in [1.54, 1.807) is 13.8 Å². The van der Waals surface area contributed by atoms with Gasteiger partial charge in [0, 0.05) is 44.4 Å². The lowest BCUT2D eigenvalue weighted by molar-refractivity contribution is -0.130. The second-order valence-electron chi connectivity index (χ2n) is 5.61. The maximum absolute atomic E-state index is 11.9. The predicted octanol–water partition coefficient (Wildman–Crippen LogP) is 2.32. The van der Waals surface area contributed by atoms with Crippen LogP contribution in [0.2, 0.25) is 0 Å². The van der Waals surface area contributed by atoms with Crippen molar-refractivity contribution in [1.82, 2.24) is 15.0 Å². The van der Waals surface area contributed by atoms with Gasteiger partial charge in [-0.3, -0.25) is 4.79 Å². The van der Waals surface area contributed by atoms with Gasteiger partial charge in [-0.15, -0.1) is 11.6 Å². The summed E-state index contributed by atoms with van der Waals surface area (Å²) < 4.78 is 5.00. The van der Waals surface area contributed by atoms with Crippen LogP contribution in [0.4, 0.5) is 5.69 Å². The van der Waals surface area contributed by atoms with E-state index in [1.807, 2.05) is 29.2 Å². The van der Waals surface area contributed by atoms with Gasteiger partial charge in [0.2, 0.25) is 17.6 Å². The molecule has 0 N–H and O–H groups in total. The van der Waals surface area contributed by atoms with Crippen molar-refractivity contribution in [2.75, 3.05) is 31.1 Å². The van der Waals surface area contributed by atoms with E-state index in [-0.39, 0.29) is 5.91 Å². The maximum atomic E-state index is 11.9. The van der Waals surface area contributed by atoms with Crippen molar-refractivity contribution in [3.8, 4) is 11.4 Å². The smallest absolute Gasteiger partial charge is 0.240 e. The number of alkyl halides is 1. The number of benzene rings is 1. The second-order valence-corrected chi connectivity index (χ2v) is 6.27. The number of hydrogen-bond acceptors (Lipinski definition) is 5. The number of anilines is 1. The number of hydrogen-bond donors (Lipinski definition) is 0. The van der Waals surface area contributed by atoms with E-state index >= 15 is 0 Å². The lowest BCUT2D eigenvalue weighted by Crippen LogP contribution is -2.50. The molecule has 0 radical (unpaired) electrons. The average Bonchev–Trinajstić information content (AvgIpc) is 3.01. The van der Waals surface area contributed by atoms with Crippen molar-refractivity contribution in [3.63, 3.8) is 0 Å². The summed E-state index contributed by atoms with van der Waals surface area (Å²) in [7, 11) is 0. The van der Waals surface area contributed by atoms with Gasteiger partial charge in [0.25, 0.3) is 0 Å². The van der Waals surface area contributed by atoms with Crippen LogP contribution < -0.4 is 4.90 Å². The number of carbonyl (C=O) groups excluding carboxylic acids is 1. The second kappa shape index (κ2) is 6.58. The maximum Gasteiger partial charge on any atom is 0.240 e. The molecule has 1 amide bonds. The van der Waals surface area contributed by atoms with Crippen LogP contribution in [-0.2, 0) is 4.79 Å². The van der Waals surface area contributed by atoms with Gasteiger partial charge in [0.1, 0.15) is 5.38 Å². The third kappa shape index (κ3) is 3.47. The van der Waals surface area contributed by atoms with Crippen LogP contribution in [0.1, 0.15) is 12.8 Å². The summed E-state index contributed by atoms with van der Waals surface area (Å²) in [5.74, 6) is 1.16. The monoisotopic (exact) mass is 334 g/mol. The molecule has 1 aromatic heterocycles. The SMILES string of the molecule is Cc1nc(-c2ccc(N3CCN(C(=O)C(C)Cl)CC3)cc2)no1. The first kappa shape index (κ1) is 15.8. The van der Waals surface area contributed by atoms with E-state index in [9.17, 15) is 4.79 Å². The fourth-order valence-electron chi connectivity index (χ4n) is 2.67. The molecule has 2 aromatic rings. The van der Waals surface area contributed by atoms with Gasteiger partial charge in [-0.25, -0.2) is 0 Å². The normalized spacial score (nSPS) is 16.5. The van der Waals surface area contributed by atoms with Gasteiger partial charge < -0.3 is 14.3 Å². The molecule has 1 aliphatic rings. The molecule has 1 atom stereocenters. The largest absolute Gasteiger partial charge is 0.368 e. The molecule has 0 bridgehead atoms. The molecule has 1 fully saturated rings. The van der Waals surface area contributed by atoms with E-state index in [2.05, 4.69) is 15.0 Å². The van der Waals surface area contributed by atoms with Crippen LogP contribution in [0.25, 0.3) is 11.4 Å². The topological polar surface area (TPSA) is 62.5 Å². The zero-order chi connectivity index (χ0) is 16.4. The molecule has 3 rings (SSSR count). The van der Waals surface area contributed by atoms with E-state index < -0.39 is 5.38 Å². The predicted molar refractivity (Wildman–Crippen MR) is 88.6 cm³/mol. The molecule has 2 heterocycles. The number of rotatable bonds is 3. The Labute approximate surface area is 140 Å². The molecule has 6 nitrogen and oxygen atoms in total. The van der Waals surface area contributed by atoms with Crippen molar-refractivity contribution in [2.45, 2.75) is 19.2 Å². The van der Waals surface area contributed by atoms with E-state index in [0.717, 1.165) is 24.3 Å². The minimum Gasteiger partial charge on any atom is -0.368 e. The molecule has 1 saturated heterocycles. The zero-order valence-corrected chi connectivity index (χ0v) is 14.0. The quantitative estimate of drug-likeness (QED) is 0.806. The summed E-state index contributed by atoms with van der Waals surface area (Å²) in [6, 6.07) is 8.06. The van der Waals surface area contributed by atoms with Gasteiger partial charge in [-0.1, -0.05) is 5.16 Å². The Hall–Kier alpha value is -2.08. The Morgan fingerprint density at radius 1 is 1.22 bits per heavy atom. The van der Waals surface area contributed by atoms with Crippen LogP contribution >= 0.6 is 11.6 Å². The number of piperazine rings is 1. The van der Waals surface area contributed by atoms with Crippen molar-refractivity contribution in [3.05, 3.63) is 30.2 Å². The molecule has 7 heteroatoms. The number of nitrogens with zero attached hydrogens (tertiary/aromatic N) is 4. The first-order chi connectivity index (χ1) is 11.0. The highest BCUT2D eigenvalue weighted by atomic mass is 35.5. The molecule has 1 unspecified atom stereocenters. The van der Waals surface area contributed by atoms with E-state index in [4.69, 9.17) is 16.1 Å². The fourth-order valence-corrected chi connectivity index (χ4v) is 2.81. The molecule has 0 spiro atoms. The van der Waals surface area contributed by atoms with Gasteiger partial charge in [-0.2, -0.15) is 4.98 Å². The lowest BCUT2D eigenvalue weighted by atomic mass is 10.1. The highest BCUT2D eigenvalue weighted by molar-refractivity contribution is 6.30. The number of amides is 1. The van der Waals surface area contributed by atoms with Gasteiger partial charge >= 0.3 is 0 Å². The molecule has 122 valence electrons. The van der Waals surface area contributed by atoms with Gasteiger partial charge in [0.05, 0.1) is 0 Å². The third-order valence-corrected chi connectivity index (χ3v) is 4.14. The van der Waals surface area contributed by atoms with Crippen LogP contribution in [0.15, 0.2) is 28.8 Å². The molecule has 1 aliphatic heterocycles. The lowest BCUT2D eigenvalue weighted by Gasteiger charge is -2.36. The highest BCUT2D eigenvalue weighted by Gasteiger charge is 2.23. The van der Waals surface area contributed by atoms with Crippen LogP contribution in [-0.4, -0.2) is 52.5 Å². The zero-order valence-electron chi connectivity index (χ0n) is 13.2. The van der Waals surface area contributed by atoms with Crippen LogP contribution in [0.3, 0.4) is 0 Å². The van der Waals surface area contributed by atoms with Crippen molar-refractivity contribution < 1.29 is 9.32 Å². The summed E-state index contributed by atoms with van der Waals surface area (Å²) in [5.41, 5.74) is 2.05. The Bertz CT molecular complexity index is 676. The summed E-state index contributed by atoms with van der Waals surface area (Å²) in [4.78, 5) is 20.2. The molecule has 23 heavy (non-hydrogen) atoms. The Morgan fingerprint density at radius 2 is 1.87 bits per heavy atom. The standard InChI is InChI=1S/C16H19ClN4O2/c1-11(17)16(22)21-9-7-20(8-10-21)14-5-3-13(4-6-14)15-18-12(2)23-19-15/h3-6,11H,7-10H2,1-2H3. The Morgan fingerprint density at radius 3 is 2.39 bits per heavy atom. The fraction of sp³-hybridized carbons (Fsp3) is 0.438. The van der Waals surface area contributed by atoms with Gasteiger partial charge in [0.15, 0.2) is 0 Å². The first-order valence-corrected chi connectivity index (χ1v) is 8.07. The first-order valence-electron chi connectivity index (χ1n) is 7.63. The van der Waals surface area contributed by atoms with E-state index in [0.29, 0.717) is 24.8 Å². The van der Waals surface area contributed by atoms with Crippen molar-refractivity contribution >= 4 is 23.2 Å². The van der Waals surface area contributed by atoms with Crippen molar-refractivity contribution in [1.29, 1.82) is 0 Å². The molecule has 0 aliphatic carbocycles. The average molecular weight is 335 g/mol. The summed E-state index contributed by atoms with van der Waals surface area (Å²) in [5, 5.41) is 3.46. The third-order valence-electron chi connectivity index (χ3n) is 3.95. The minimum absolute atomic E-state index is 0.00846. The Balaban J connectivity index is 1.64. The number of aryl methyl sites for hydroxylation is 1. The Kier molecular flexibility index (Phi) is 4.52.